The van der Waals surface area contributed by atoms with Crippen LogP contribution in [0, 0.1) is 13.8 Å². The lowest BCUT2D eigenvalue weighted by atomic mass is 10.0. The number of nitrogens with zero attached hydrogens (tertiary/aromatic N) is 2. The maximum atomic E-state index is 12.2. The Bertz CT molecular complexity index is 979. The van der Waals surface area contributed by atoms with E-state index in [0.717, 1.165) is 6.54 Å². The number of carbonyl (C=O) groups is 1. The third-order valence-corrected chi connectivity index (χ3v) is 5.25. The Morgan fingerprint density at radius 1 is 1.07 bits per heavy atom. The second-order valence-corrected chi connectivity index (χ2v) is 8.18. The predicted octanol–water partition coefficient (Wildman–Crippen LogP) is 5.19. The summed E-state index contributed by atoms with van der Waals surface area (Å²) in [7, 11) is 0. The van der Waals surface area contributed by atoms with Crippen molar-refractivity contribution in [2.75, 3.05) is 0 Å². The first-order chi connectivity index (χ1) is 14.3. The van der Waals surface area contributed by atoms with Gasteiger partial charge in [0, 0.05) is 18.6 Å². The highest BCUT2D eigenvalue weighted by molar-refractivity contribution is 5.92. The van der Waals surface area contributed by atoms with Crippen LogP contribution in [0.2, 0.25) is 0 Å². The smallest absolute Gasteiger partial charge is 0.273 e. The van der Waals surface area contributed by atoms with Gasteiger partial charge in [0.15, 0.2) is 5.69 Å². The summed E-state index contributed by atoms with van der Waals surface area (Å²) in [6.07, 6.45) is 1.44. The number of rotatable bonds is 8. The van der Waals surface area contributed by atoms with E-state index in [-0.39, 0.29) is 18.0 Å². The first-order valence-electron chi connectivity index (χ1n) is 10.4. The molecule has 158 valence electrons. The van der Waals surface area contributed by atoms with Gasteiger partial charge in [0.1, 0.15) is 6.26 Å². The molecule has 1 atom stereocenters. The van der Waals surface area contributed by atoms with Crippen molar-refractivity contribution in [1.82, 2.24) is 15.2 Å². The van der Waals surface area contributed by atoms with Gasteiger partial charge in [-0.05, 0) is 51.3 Å². The Kier molecular flexibility index (Phi) is 7.06. The minimum absolute atomic E-state index is 0.0524. The van der Waals surface area contributed by atoms with Crippen molar-refractivity contribution in [2.45, 2.75) is 59.8 Å². The summed E-state index contributed by atoms with van der Waals surface area (Å²) in [4.78, 5) is 19.0. The van der Waals surface area contributed by atoms with Crippen molar-refractivity contribution in [3.8, 4) is 0 Å². The van der Waals surface area contributed by atoms with Gasteiger partial charge in [-0.25, -0.2) is 4.98 Å². The van der Waals surface area contributed by atoms with Crippen molar-refractivity contribution in [3.05, 3.63) is 88.6 Å². The maximum Gasteiger partial charge on any atom is 0.273 e. The van der Waals surface area contributed by atoms with E-state index in [1.165, 1.54) is 28.5 Å². The van der Waals surface area contributed by atoms with Crippen LogP contribution in [-0.4, -0.2) is 21.8 Å². The molecule has 30 heavy (non-hydrogen) atoms. The third kappa shape index (κ3) is 5.57. The zero-order valence-electron chi connectivity index (χ0n) is 18.5. The fourth-order valence-corrected chi connectivity index (χ4v) is 3.46. The Hall–Kier alpha value is -2.92. The summed E-state index contributed by atoms with van der Waals surface area (Å²) < 4.78 is 5.66. The molecule has 1 aromatic heterocycles. The van der Waals surface area contributed by atoms with Gasteiger partial charge in [-0.2, -0.15) is 0 Å². The number of hydrogen-bond acceptors (Lipinski definition) is 4. The average Bonchev–Trinajstić information content (AvgIpc) is 3.18. The van der Waals surface area contributed by atoms with E-state index in [1.54, 1.807) is 0 Å². The molecule has 1 N–H and O–H groups in total. The summed E-state index contributed by atoms with van der Waals surface area (Å²) in [6.45, 7) is 11.6. The number of carbonyl (C=O) groups excluding carboxylic acids is 1. The largest absolute Gasteiger partial charge is 0.447 e. The van der Waals surface area contributed by atoms with Crippen LogP contribution in [0.3, 0.4) is 0 Å². The fraction of sp³-hybridized carbons (Fsp3) is 0.360. The van der Waals surface area contributed by atoms with Crippen molar-refractivity contribution < 1.29 is 9.21 Å². The Morgan fingerprint density at radius 2 is 1.80 bits per heavy atom. The van der Waals surface area contributed by atoms with Gasteiger partial charge in [-0.1, -0.05) is 54.1 Å². The lowest BCUT2D eigenvalue weighted by molar-refractivity contribution is 0.0938. The lowest BCUT2D eigenvalue weighted by Gasteiger charge is -2.29. The van der Waals surface area contributed by atoms with Gasteiger partial charge in [0.25, 0.3) is 5.91 Å². The number of oxazole rings is 1. The van der Waals surface area contributed by atoms with Crippen LogP contribution in [0.1, 0.15) is 65.4 Å². The third-order valence-electron chi connectivity index (χ3n) is 5.25. The number of nitrogens with one attached hydrogen (secondary N) is 1. The summed E-state index contributed by atoms with van der Waals surface area (Å²) in [5.74, 6) is 0.328. The molecule has 3 rings (SSSR count). The van der Waals surface area contributed by atoms with Gasteiger partial charge < -0.3 is 9.73 Å². The molecule has 1 heterocycles. The van der Waals surface area contributed by atoms with Crippen molar-refractivity contribution >= 4 is 5.91 Å². The molecule has 5 heteroatoms. The lowest BCUT2D eigenvalue weighted by Crippen LogP contribution is -2.30. The molecule has 0 radical (unpaired) electrons. The Labute approximate surface area is 179 Å². The summed E-state index contributed by atoms with van der Waals surface area (Å²) in [5, 5.41) is 2.85. The quantitative estimate of drug-likeness (QED) is 0.560. The molecule has 1 unspecified atom stereocenters. The van der Waals surface area contributed by atoms with E-state index < -0.39 is 0 Å². The molecule has 0 aliphatic carbocycles. The molecule has 5 nitrogen and oxygen atoms in total. The van der Waals surface area contributed by atoms with Gasteiger partial charge in [0.2, 0.25) is 5.89 Å². The second kappa shape index (κ2) is 9.72. The number of benzene rings is 2. The highest BCUT2D eigenvalue weighted by Crippen LogP contribution is 2.26. The number of amides is 1. The highest BCUT2D eigenvalue weighted by atomic mass is 16.3. The first kappa shape index (κ1) is 21.8. The molecule has 0 bridgehead atoms. The molecular weight excluding hydrogens is 374 g/mol. The SMILES string of the molecule is Cc1ccc(C)c(CN(Cc2nc(C(=O)NC(C)C)co2)C(C)c2ccccc2)c1. The molecule has 2 aromatic carbocycles. The number of aromatic nitrogens is 1. The minimum atomic E-state index is -0.211. The van der Waals surface area contributed by atoms with Crippen LogP contribution in [0.5, 0.6) is 0 Å². The van der Waals surface area contributed by atoms with Gasteiger partial charge in [-0.15, -0.1) is 0 Å². The molecule has 0 saturated heterocycles. The van der Waals surface area contributed by atoms with Crippen molar-refractivity contribution in [3.63, 3.8) is 0 Å². The van der Waals surface area contributed by atoms with Crippen LogP contribution < -0.4 is 5.32 Å². The summed E-state index contributed by atoms with van der Waals surface area (Å²) in [5.41, 5.74) is 5.33. The predicted molar refractivity (Wildman–Crippen MR) is 119 cm³/mol. The second-order valence-electron chi connectivity index (χ2n) is 8.18. The van der Waals surface area contributed by atoms with Crippen LogP contribution >= 0.6 is 0 Å². The van der Waals surface area contributed by atoms with Crippen molar-refractivity contribution in [2.24, 2.45) is 0 Å². The maximum absolute atomic E-state index is 12.2. The molecule has 0 saturated carbocycles. The Morgan fingerprint density at radius 3 is 2.50 bits per heavy atom. The zero-order valence-corrected chi connectivity index (χ0v) is 18.5. The van der Waals surface area contributed by atoms with Crippen LogP contribution in [0.4, 0.5) is 0 Å². The van der Waals surface area contributed by atoms with E-state index in [1.807, 2.05) is 19.9 Å². The fourth-order valence-electron chi connectivity index (χ4n) is 3.46. The monoisotopic (exact) mass is 405 g/mol. The van der Waals surface area contributed by atoms with Crippen LogP contribution in [-0.2, 0) is 13.1 Å². The number of aryl methyl sites for hydroxylation is 2. The van der Waals surface area contributed by atoms with Crippen LogP contribution in [0.25, 0.3) is 0 Å². The van der Waals surface area contributed by atoms with Gasteiger partial charge >= 0.3 is 0 Å². The molecule has 3 aromatic rings. The standard InChI is InChI=1S/C25H31N3O2/c1-17(2)26-25(29)23-16-30-24(27-23)15-28(20(5)21-9-7-6-8-10-21)14-22-13-18(3)11-12-19(22)4/h6-13,16-17,20H,14-15H2,1-5H3,(H,26,29). The molecule has 0 fully saturated rings. The van der Waals surface area contributed by atoms with Gasteiger partial charge in [-0.3, -0.25) is 9.69 Å². The molecule has 0 aliphatic rings. The molecular formula is C25H31N3O2. The van der Waals surface area contributed by atoms with Crippen LogP contribution in [0.15, 0.2) is 59.2 Å². The topological polar surface area (TPSA) is 58.4 Å². The zero-order chi connectivity index (χ0) is 21.7. The first-order valence-corrected chi connectivity index (χ1v) is 10.4. The minimum Gasteiger partial charge on any atom is -0.447 e. The molecule has 0 aliphatic heterocycles. The van der Waals surface area contributed by atoms with Gasteiger partial charge in [0.05, 0.1) is 6.54 Å². The van der Waals surface area contributed by atoms with E-state index in [9.17, 15) is 4.79 Å². The molecule has 1 amide bonds. The van der Waals surface area contributed by atoms with E-state index in [2.05, 4.69) is 78.4 Å². The normalized spacial score (nSPS) is 12.4. The van der Waals surface area contributed by atoms with E-state index >= 15 is 0 Å². The Balaban J connectivity index is 1.85. The summed E-state index contributed by atoms with van der Waals surface area (Å²) >= 11 is 0. The summed E-state index contributed by atoms with van der Waals surface area (Å²) in [6, 6.07) is 17.2. The van der Waals surface area contributed by atoms with E-state index in [4.69, 9.17) is 4.42 Å². The average molecular weight is 406 g/mol. The highest BCUT2D eigenvalue weighted by Gasteiger charge is 2.21. The number of hydrogen-bond donors (Lipinski definition) is 1. The van der Waals surface area contributed by atoms with E-state index in [0.29, 0.717) is 18.1 Å². The van der Waals surface area contributed by atoms with Crippen molar-refractivity contribution in [1.29, 1.82) is 0 Å². The molecule has 0 spiro atoms.